The summed E-state index contributed by atoms with van der Waals surface area (Å²) in [5, 5.41) is 8.63. The molecule has 0 unspecified atom stereocenters. The molecule has 1 aromatic carbocycles. The van der Waals surface area contributed by atoms with E-state index in [1.807, 2.05) is 30.3 Å². The minimum Gasteiger partial charge on any atom is -0.337 e. The van der Waals surface area contributed by atoms with Gasteiger partial charge in [-0.15, -0.1) is 0 Å². The first kappa shape index (κ1) is 12.5. The molecular formula is C16H16N4O. The summed E-state index contributed by atoms with van der Waals surface area (Å²) in [6.07, 6.45) is 5.28. The van der Waals surface area contributed by atoms with Crippen LogP contribution >= 0.6 is 0 Å². The molecule has 3 heterocycles. The van der Waals surface area contributed by atoms with Crippen LogP contribution in [0.1, 0.15) is 31.2 Å². The van der Waals surface area contributed by atoms with E-state index < -0.39 is 0 Å². The number of piperidine rings is 1. The monoisotopic (exact) mass is 280 g/mol. The van der Waals surface area contributed by atoms with Crippen molar-refractivity contribution in [2.24, 2.45) is 0 Å². The van der Waals surface area contributed by atoms with Gasteiger partial charge < -0.3 is 9.84 Å². The number of pyridine rings is 1. The van der Waals surface area contributed by atoms with Gasteiger partial charge in [0.1, 0.15) is 0 Å². The maximum absolute atomic E-state index is 5.43. The maximum Gasteiger partial charge on any atom is 0.244 e. The summed E-state index contributed by atoms with van der Waals surface area (Å²) in [6.45, 7) is 1.02. The zero-order valence-corrected chi connectivity index (χ0v) is 11.6. The zero-order chi connectivity index (χ0) is 14.1. The van der Waals surface area contributed by atoms with Gasteiger partial charge in [-0.2, -0.15) is 4.98 Å². The van der Waals surface area contributed by atoms with Crippen molar-refractivity contribution in [2.45, 2.75) is 25.3 Å². The number of nitrogens with one attached hydrogen (secondary N) is 1. The summed E-state index contributed by atoms with van der Waals surface area (Å²) in [7, 11) is 0. The van der Waals surface area contributed by atoms with Crippen LogP contribution in [-0.2, 0) is 0 Å². The van der Waals surface area contributed by atoms with Crippen LogP contribution < -0.4 is 5.32 Å². The van der Waals surface area contributed by atoms with E-state index in [-0.39, 0.29) is 6.04 Å². The Labute approximate surface area is 122 Å². The van der Waals surface area contributed by atoms with Gasteiger partial charge in [-0.1, -0.05) is 17.6 Å². The van der Waals surface area contributed by atoms with Gasteiger partial charge in [0, 0.05) is 17.1 Å². The predicted octanol–water partition coefficient (Wildman–Crippen LogP) is 3.10. The standard InChI is InChI=1S/C16H16N4O/c1-2-8-18-14(5-1)16-19-15(20-21-16)12-6-7-13-11(10-12)4-3-9-17-13/h3-4,6-7,9-10,14,18H,1-2,5,8H2/t14-/m0/s1. The molecular weight excluding hydrogens is 264 g/mol. The lowest BCUT2D eigenvalue weighted by molar-refractivity contribution is 0.297. The van der Waals surface area contributed by atoms with Crippen molar-refractivity contribution >= 4 is 10.9 Å². The Hall–Kier alpha value is -2.27. The SMILES string of the molecule is c1cnc2ccc(-c3noc([C@@H]4CCCCN4)n3)cc2c1. The van der Waals surface area contributed by atoms with Gasteiger partial charge in [0.15, 0.2) is 0 Å². The van der Waals surface area contributed by atoms with Crippen LogP contribution in [-0.4, -0.2) is 21.7 Å². The normalized spacial score (nSPS) is 19.0. The van der Waals surface area contributed by atoms with Gasteiger partial charge in [-0.25, -0.2) is 0 Å². The third-order valence-electron chi connectivity index (χ3n) is 3.91. The van der Waals surface area contributed by atoms with Crippen LogP contribution in [0.4, 0.5) is 0 Å². The van der Waals surface area contributed by atoms with Crippen LogP contribution in [0, 0.1) is 0 Å². The fourth-order valence-electron chi connectivity index (χ4n) is 2.77. The molecule has 1 aliphatic heterocycles. The van der Waals surface area contributed by atoms with Crippen LogP contribution in [0.25, 0.3) is 22.3 Å². The van der Waals surface area contributed by atoms with Gasteiger partial charge >= 0.3 is 0 Å². The minimum absolute atomic E-state index is 0.196. The fraction of sp³-hybridized carbons (Fsp3) is 0.312. The summed E-state index contributed by atoms with van der Waals surface area (Å²) < 4.78 is 5.43. The maximum atomic E-state index is 5.43. The summed E-state index contributed by atoms with van der Waals surface area (Å²) in [4.78, 5) is 8.87. The zero-order valence-electron chi connectivity index (χ0n) is 11.6. The highest BCUT2D eigenvalue weighted by Crippen LogP contribution is 2.25. The third-order valence-corrected chi connectivity index (χ3v) is 3.91. The Bertz CT molecular complexity index is 762. The number of nitrogens with zero attached hydrogens (tertiary/aromatic N) is 3. The molecule has 1 atom stereocenters. The van der Waals surface area contributed by atoms with Crippen LogP contribution in [0.15, 0.2) is 41.1 Å². The lowest BCUT2D eigenvalue weighted by Crippen LogP contribution is -2.26. The lowest BCUT2D eigenvalue weighted by atomic mass is 10.1. The van der Waals surface area contributed by atoms with E-state index in [1.165, 1.54) is 12.8 Å². The minimum atomic E-state index is 0.196. The third kappa shape index (κ3) is 2.40. The Kier molecular flexibility index (Phi) is 3.12. The molecule has 0 saturated carbocycles. The number of fused-ring (bicyclic) bond motifs is 1. The number of rotatable bonds is 2. The second kappa shape index (κ2) is 5.26. The van der Waals surface area contributed by atoms with E-state index in [4.69, 9.17) is 4.52 Å². The van der Waals surface area contributed by atoms with Crippen molar-refractivity contribution in [1.82, 2.24) is 20.4 Å². The Balaban J connectivity index is 1.67. The van der Waals surface area contributed by atoms with Gasteiger partial charge in [-0.05, 0) is 43.7 Å². The molecule has 2 aromatic heterocycles. The fourth-order valence-corrected chi connectivity index (χ4v) is 2.77. The van der Waals surface area contributed by atoms with Crippen LogP contribution in [0.2, 0.25) is 0 Å². The Morgan fingerprint density at radius 3 is 3.10 bits per heavy atom. The van der Waals surface area contributed by atoms with Crippen molar-refractivity contribution in [2.75, 3.05) is 6.54 Å². The predicted molar refractivity (Wildman–Crippen MR) is 79.6 cm³/mol. The number of hydrogen-bond acceptors (Lipinski definition) is 5. The molecule has 1 fully saturated rings. The number of hydrogen-bond donors (Lipinski definition) is 1. The van der Waals surface area contributed by atoms with Gasteiger partial charge in [0.2, 0.25) is 11.7 Å². The average molecular weight is 280 g/mol. The van der Waals surface area contributed by atoms with Crippen LogP contribution in [0.5, 0.6) is 0 Å². The summed E-state index contributed by atoms with van der Waals surface area (Å²) in [6, 6.07) is 10.2. The van der Waals surface area contributed by atoms with Gasteiger partial charge in [-0.3, -0.25) is 4.98 Å². The highest BCUT2D eigenvalue weighted by Gasteiger charge is 2.21. The molecule has 5 heteroatoms. The number of aromatic nitrogens is 3. The Morgan fingerprint density at radius 1 is 1.19 bits per heavy atom. The van der Waals surface area contributed by atoms with Crippen molar-refractivity contribution in [3.63, 3.8) is 0 Å². The molecule has 1 aliphatic rings. The van der Waals surface area contributed by atoms with Gasteiger partial charge in [0.25, 0.3) is 0 Å². The molecule has 3 aromatic rings. The molecule has 1 saturated heterocycles. The van der Waals surface area contributed by atoms with Crippen molar-refractivity contribution in [1.29, 1.82) is 0 Å². The molecule has 1 N–H and O–H groups in total. The summed E-state index contributed by atoms with van der Waals surface area (Å²) in [5.74, 6) is 1.33. The molecule has 0 amide bonds. The van der Waals surface area contributed by atoms with Crippen molar-refractivity contribution < 1.29 is 4.52 Å². The van der Waals surface area contributed by atoms with E-state index in [0.717, 1.165) is 29.4 Å². The molecule has 0 spiro atoms. The van der Waals surface area contributed by atoms with E-state index in [2.05, 4.69) is 20.4 Å². The first-order valence-electron chi connectivity index (χ1n) is 7.32. The topological polar surface area (TPSA) is 63.8 Å². The largest absolute Gasteiger partial charge is 0.337 e. The average Bonchev–Trinajstić information content (AvgIpc) is 3.05. The summed E-state index contributed by atoms with van der Waals surface area (Å²) in [5.41, 5.74) is 1.93. The molecule has 0 aliphatic carbocycles. The molecule has 5 nitrogen and oxygen atoms in total. The van der Waals surface area contributed by atoms with Crippen molar-refractivity contribution in [3.8, 4) is 11.4 Å². The highest BCUT2D eigenvalue weighted by atomic mass is 16.5. The molecule has 106 valence electrons. The highest BCUT2D eigenvalue weighted by molar-refractivity contribution is 5.82. The van der Waals surface area contributed by atoms with E-state index in [9.17, 15) is 0 Å². The second-order valence-corrected chi connectivity index (χ2v) is 5.37. The van der Waals surface area contributed by atoms with Gasteiger partial charge in [0.05, 0.1) is 11.6 Å². The first-order chi connectivity index (χ1) is 10.4. The lowest BCUT2D eigenvalue weighted by Gasteiger charge is -2.19. The summed E-state index contributed by atoms with van der Waals surface area (Å²) >= 11 is 0. The smallest absolute Gasteiger partial charge is 0.244 e. The quantitative estimate of drug-likeness (QED) is 0.781. The molecule has 21 heavy (non-hydrogen) atoms. The first-order valence-corrected chi connectivity index (χ1v) is 7.32. The molecule has 0 bridgehead atoms. The van der Waals surface area contributed by atoms with E-state index >= 15 is 0 Å². The van der Waals surface area contributed by atoms with Crippen LogP contribution in [0.3, 0.4) is 0 Å². The second-order valence-electron chi connectivity index (χ2n) is 5.37. The Morgan fingerprint density at radius 2 is 2.19 bits per heavy atom. The number of benzene rings is 1. The van der Waals surface area contributed by atoms with E-state index in [0.29, 0.717) is 11.7 Å². The molecule has 0 radical (unpaired) electrons. The van der Waals surface area contributed by atoms with Crippen molar-refractivity contribution in [3.05, 3.63) is 42.4 Å². The molecule has 4 rings (SSSR count). The van der Waals surface area contributed by atoms with E-state index in [1.54, 1.807) is 6.20 Å².